The van der Waals surface area contributed by atoms with Crippen molar-refractivity contribution in [2.75, 3.05) is 28.6 Å². The average molecular weight is 378 g/mol. The van der Waals surface area contributed by atoms with Gasteiger partial charge < -0.3 is 15.5 Å². The number of anilines is 3. The Hall–Kier alpha value is -2.24. The Kier molecular flexibility index (Phi) is 5.16. The molecule has 2 amide bonds. The van der Waals surface area contributed by atoms with E-state index >= 15 is 0 Å². The smallest absolute Gasteiger partial charge is 0.243 e. The summed E-state index contributed by atoms with van der Waals surface area (Å²) in [6, 6.07) is 10.6. The second-order valence-electron chi connectivity index (χ2n) is 5.79. The maximum Gasteiger partial charge on any atom is 0.243 e. The highest BCUT2D eigenvalue weighted by Crippen LogP contribution is 2.30. The summed E-state index contributed by atoms with van der Waals surface area (Å²) in [6.45, 7) is 2.31. The van der Waals surface area contributed by atoms with Gasteiger partial charge in [0.2, 0.25) is 11.8 Å². The monoisotopic (exact) mass is 377 g/mol. The predicted octanol–water partition coefficient (Wildman–Crippen LogP) is 3.95. The third kappa shape index (κ3) is 4.06. The topological polar surface area (TPSA) is 61.4 Å². The van der Waals surface area contributed by atoms with Crippen molar-refractivity contribution in [1.29, 1.82) is 0 Å². The molecule has 2 N–H and O–H groups in total. The molecule has 25 heavy (non-hydrogen) atoms. The number of carbonyl (C=O) groups excluding carboxylic acids is 2. The minimum Gasteiger partial charge on any atom is -0.375 e. The molecule has 2 aromatic rings. The van der Waals surface area contributed by atoms with Gasteiger partial charge in [0.15, 0.2) is 0 Å². The molecule has 130 valence electrons. The van der Waals surface area contributed by atoms with Gasteiger partial charge in [0, 0.05) is 29.9 Å². The Balaban J connectivity index is 1.61. The minimum atomic E-state index is -0.188. The first-order valence-electron chi connectivity index (χ1n) is 7.84. The van der Waals surface area contributed by atoms with Crippen LogP contribution in [0.4, 0.5) is 17.1 Å². The number of rotatable bonds is 4. The van der Waals surface area contributed by atoms with Gasteiger partial charge in [-0.2, -0.15) is 0 Å². The number of benzene rings is 2. The molecular weight excluding hydrogens is 361 g/mol. The van der Waals surface area contributed by atoms with Crippen LogP contribution >= 0.6 is 23.2 Å². The molecule has 7 heteroatoms. The Morgan fingerprint density at radius 3 is 2.68 bits per heavy atom. The van der Waals surface area contributed by atoms with Crippen molar-refractivity contribution in [2.24, 2.45) is 0 Å². The van der Waals surface area contributed by atoms with E-state index < -0.39 is 0 Å². The van der Waals surface area contributed by atoms with E-state index in [2.05, 4.69) is 10.6 Å². The minimum absolute atomic E-state index is 0.0274. The Morgan fingerprint density at radius 2 is 1.96 bits per heavy atom. The zero-order valence-corrected chi connectivity index (χ0v) is 15.1. The first-order chi connectivity index (χ1) is 11.9. The van der Waals surface area contributed by atoms with E-state index in [4.69, 9.17) is 23.2 Å². The van der Waals surface area contributed by atoms with Crippen molar-refractivity contribution in [2.45, 2.75) is 13.3 Å². The molecule has 0 saturated carbocycles. The molecule has 3 rings (SSSR count). The number of carbonyl (C=O) groups is 2. The lowest BCUT2D eigenvalue weighted by Gasteiger charge is -2.15. The van der Waals surface area contributed by atoms with Crippen LogP contribution in [0, 0.1) is 0 Å². The van der Waals surface area contributed by atoms with Gasteiger partial charge in [0.1, 0.15) is 0 Å². The van der Waals surface area contributed by atoms with Crippen molar-refractivity contribution < 1.29 is 9.59 Å². The van der Waals surface area contributed by atoms with Crippen LogP contribution in [-0.2, 0) is 16.0 Å². The third-order valence-corrected chi connectivity index (χ3v) is 4.56. The normalized spacial score (nSPS) is 12.7. The van der Waals surface area contributed by atoms with E-state index in [9.17, 15) is 9.59 Å². The second kappa shape index (κ2) is 7.33. The predicted molar refractivity (Wildman–Crippen MR) is 102 cm³/mol. The summed E-state index contributed by atoms with van der Waals surface area (Å²) in [6.07, 6.45) is 0.789. The number of fused-ring (bicyclic) bond motifs is 1. The van der Waals surface area contributed by atoms with Gasteiger partial charge in [-0.1, -0.05) is 23.2 Å². The third-order valence-electron chi connectivity index (χ3n) is 4.01. The number of hydrogen-bond donors (Lipinski definition) is 2. The number of nitrogens with one attached hydrogen (secondary N) is 2. The first-order valence-corrected chi connectivity index (χ1v) is 8.59. The summed E-state index contributed by atoms with van der Waals surface area (Å²) in [5.41, 5.74) is 3.32. The maximum atomic E-state index is 12.1. The van der Waals surface area contributed by atoms with Crippen molar-refractivity contribution in [3.8, 4) is 0 Å². The van der Waals surface area contributed by atoms with Crippen LogP contribution in [0.1, 0.15) is 12.5 Å². The van der Waals surface area contributed by atoms with Crippen molar-refractivity contribution >= 4 is 52.1 Å². The molecule has 0 atom stereocenters. The van der Waals surface area contributed by atoms with E-state index in [0.717, 1.165) is 17.7 Å². The van der Waals surface area contributed by atoms with E-state index in [0.29, 0.717) is 28.0 Å². The van der Waals surface area contributed by atoms with E-state index in [1.807, 2.05) is 12.1 Å². The lowest BCUT2D eigenvalue weighted by atomic mass is 10.1. The molecule has 0 aliphatic carbocycles. The summed E-state index contributed by atoms with van der Waals surface area (Å²) >= 11 is 11.9. The zero-order chi connectivity index (χ0) is 18.0. The molecule has 1 aliphatic rings. The first kappa shape index (κ1) is 17.6. The van der Waals surface area contributed by atoms with E-state index in [-0.39, 0.29) is 18.4 Å². The zero-order valence-electron chi connectivity index (χ0n) is 13.6. The highest BCUT2D eigenvalue weighted by Gasteiger charge is 2.22. The molecule has 0 fully saturated rings. The summed E-state index contributed by atoms with van der Waals surface area (Å²) in [5, 5.41) is 6.82. The van der Waals surface area contributed by atoms with Gasteiger partial charge in [-0.25, -0.2) is 0 Å². The Morgan fingerprint density at radius 1 is 1.16 bits per heavy atom. The molecule has 0 spiro atoms. The number of hydrogen-bond acceptors (Lipinski definition) is 3. The van der Waals surface area contributed by atoms with Crippen LogP contribution in [0.3, 0.4) is 0 Å². The van der Waals surface area contributed by atoms with Crippen LogP contribution in [-0.4, -0.2) is 24.9 Å². The van der Waals surface area contributed by atoms with Gasteiger partial charge >= 0.3 is 0 Å². The van der Waals surface area contributed by atoms with Crippen molar-refractivity contribution in [3.63, 3.8) is 0 Å². The average Bonchev–Trinajstić information content (AvgIpc) is 2.97. The number of amides is 2. The van der Waals surface area contributed by atoms with Gasteiger partial charge in [-0.05, 0) is 48.4 Å². The molecule has 5 nitrogen and oxygen atoms in total. The number of halogens is 2. The summed E-state index contributed by atoms with van der Waals surface area (Å²) < 4.78 is 0. The van der Waals surface area contributed by atoms with Crippen molar-refractivity contribution in [3.05, 3.63) is 52.0 Å². The molecule has 1 aliphatic heterocycles. The largest absolute Gasteiger partial charge is 0.375 e. The van der Waals surface area contributed by atoms with Crippen molar-refractivity contribution in [1.82, 2.24) is 0 Å². The molecule has 1 heterocycles. The fourth-order valence-corrected chi connectivity index (χ4v) is 3.30. The molecule has 0 saturated heterocycles. The van der Waals surface area contributed by atoms with E-state index in [1.54, 1.807) is 36.1 Å². The summed E-state index contributed by atoms with van der Waals surface area (Å²) in [7, 11) is 0. The maximum absolute atomic E-state index is 12.1. The Labute approximate surface area is 155 Å². The van der Waals surface area contributed by atoms with Gasteiger partial charge in [-0.15, -0.1) is 0 Å². The molecule has 0 bridgehead atoms. The SMILES string of the molecule is CC(=O)N1CCc2cc(NC(=O)CNc3ccc(Cl)cc3Cl)ccc21. The standard InChI is InChI=1S/C18H17Cl2N3O2/c1-11(24)23-7-6-12-8-14(3-5-17(12)23)22-18(25)10-21-16-4-2-13(19)9-15(16)20/h2-5,8-9,21H,6-7,10H2,1H3,(H,22,25). The fraction of sp³-hybridized carbons (Fsp3) is 0.222. The quantitative estimate of drug-likeness (QED) is 0.847. The highest BCUT2D eigenvalue weighted by atomic mass is 35.5. The van der Waals surface area contributed by atoms with Crippen LogP contribution in [0.2, 0.25) is 10.0 Å². The van der Waals surface area contributed by atoms with Crippen LogP contribution in [0.15, 0.2) is 36.4 Å². The Bertz CT molecular complexity index is 839. The van der Waals surface area contributed by atoms with Gasteiger partial charge in [0.25, 0.3) is 0 Å². The lowest BCUT2D eigenvalue weighted by molar-refractivity contribution is -0.116. The summed E-state index contributed by atoms with van der Waals surface area (Å²) in [5.74, 6) is -0.160. The van der Waals surface area contributed by atoms with Gasteiger partial charge in [-0.3, -0.25) is 9.59 Å². The van der Waals surface area contributed by atoms with Crippen LogP contribution < -0.4 is 15.5 Å². The molecule has 0 aromatic heterocycles. The molecule has 2 aromatic carbocycles. The van der Waals surface area contributed by atoms with Gasteiger partial charge in [0.05, 0.1) is 17.3 Å². The summed E-state index contributed by atoms with van der Waals surface area (Å²) in [4.78, 5) is 25.4. The lowest BCUT2D eigenvalue weighted by Crippen LogP contribution is -2.25. The second-order valence-corrected chi connectivity index (χ2v) is 6.63. The van der Waals surface area contributed by atoms with Crippen LogP contribution in [0.25, 0.3) is 0 Å². The highest BCUT2D eigenvalue weighted by molar-refractivity contribution is 6.36. The number of nitrogens with zero attached hydrogens (tertiary/aromatic N) is 1. The fourth-order valence-electron chi connectivity index (χ4n) is 2.82. The van der Waals surface area contributed by atoms with Crippen LogP contribution in [0.5, 0.6) is 0 Å². The molecule has 0 unspecified atom stereocenters. The molecule has 0 radical (unpaired) electrons. The molecular formula is C18H17Cl2N3O2. The van der Waals surface area contributed by atoms with E-state index in [1.165, 1.54) is 0 Å².